The van der Waals surface area contributed by atoms with Gasteiger partial charge in [-0.1, -0.05) is 49.1 Å². The van der Waals surface area contributed by atoms with E-state index in [4.69, 9.17) is 9.47 Å². The van der Waals surface area contributed by atoms with E-state index in [1.165, 1.54) is 4.90 Å². The van der Waals surface area contributed by atoms with Gasteiger partial charge in [-0.25, -0.2) is 4.98 Å². The van der Waals surface area contributed by atoms with Crippen LogP contribution in [0.25, 0.3) is 5.76 Å². The van der Waals surface area contributed by atoms with Crippen molar-refractivity contribution in [2.24, 2.45) is 0 Å². The van der Waals surface area contributed by atoms with Gasteiger partial charge in [0.15, 0.2) is 0 Å². The predicted octanol–water partition coefficient (Wildman–Crippen LogP) is 5.85. The Labute approximate surface area is 245 Å². The number of Topliss-reactive ketones (excluding diaryl/α,β-unsaturated/α-hetero) is 1. The fourth-order valence-electron chi connectivity index (χ4n) is 5.00. The van der Waals surface area contributed by atoms with Gasteiger partial charge in [0.05, 0.1) is 17.9 Å². The average molecular weight is 564 g/mol. The monoisotopic (exact) mass is 563 g/mol. The van der Waals surface area contributed by atoms with Gasteiger partial charge in [0, 0.05) is 31.0 Å². The van der Waals surface area contributed by atoms with E-state index >= 15 is 0 Å². The van der Waals surface area contributed by atoms with E-state index < -0.39 is 17.7 Å². The number of rotatable bonds is 12. The van der Waals surface area contributed by atoms with Gasteiger partial charge in [-0.05, 0) is 66.4 Å². The van der Waals surface area contributed by atoms with Crippen molar-refractivity contribution in [1.29, 1.82) is 0 Å². The van der Waals surface area contributed by atoms with Crippen LogP contribution in [0.15, 0.2) is 110 Å². The Morgan fingerprint density at radius 1 is 0.976 bits per heavy atom. The number of carbonyl (C=O) groups excluding carboxylic acids is 2. The molecule has 1 amide bonds. The number of hydrogen-bond donors (Lipinski definition) is 1. The van der Waals surface area contributed by atoms with Crippen LogP contribution in [0.4, 0.5) is 0 Å². The van der Waals surface area contributed by atoms with Crippen molar-refractivity contribution < 1.29 is 24.2 Å². The van der Waals surface area contributed by atoms with E-state index in [1.54, 1.807) is 55.0 Å². The highest BCUT2D eigenvalue weighted by Crippen LogP contribution is 2.40. The Morgan fingerprint density at radius 2 is 1.69 bits per heavy atom. The molecule has 0 spiro atoms. The molecule has 5 rings (SSSR count). The van der Waals surface area contributed by atoms with Crippen LogP contribution in [0.2, 0.25) is 0 Å². The Bertz CT molecular complexity index is 1570. The number of aliphatic hydroxyl groups excluding tert-OH is 1. The Balaban J connectivity index is 1.42. The van der Waals surface area contributed by atoms with Gasteiger partial charge in [0.1, 0.15) is 30.5 Å². The molecule has 8 heteroatoms. The topological polar surface area (TPSA) is 93.9 Å². The first-order valence-corrected chi connectivity index (χ1v) is 13.8. The lowest BCUT2D eigenvalue weighted by molar-refractivity contribution is -0.139. The zero-order valence-electron chi connectivity index (χ0n) is 23.5. The van der Waals surface area contributed by atoms with Gasteiger partial charge >= 0.3 is 0 Å². The van der Waals surface area contributed by atoms with Gasteiger partial charge in [-0.15, -0.1) is 0 Å². The van der Waals surface area contributed by atoms with Gasteiger partial charge < -0.3 is 24.0 Å². The minimum atomic E-state index is -0.752. The fourth-order valence-corrected chi connectivity index (χ4v) is 5.00. The summed E-state index contributed by atoms with van der Waals surface area (Å²) in [5.74, 6) is -0.323. The molecule has 8 nitrogen and oxygen atoms in total. The minimum Gasteiger partial charge on any atom is -0.507 e. The second-order valence-electron chi connectivity index (χ2n) is 10.1. The summed E-state index contributed by atoms with van der Waals surface area (Å²) in [7, 11) is 0. The minimum absolute atomic E-state index is 0.0518. The first-order valence-electron chi connectivity index (χ1n) is 13.8. The zero-order chi connectivity index (χ0) is 29.5. The summed E-state index contributed by atoms with van der Waals surface area (Å²) in [5.41, 5.74) is 3.39. The molecule has 1 saturated heterocycles. The third kappa shape index (κ3) is 6.28. The zero-order valence-corrected chi connectivity index (χ0v) is 23.5. The van der Waals surface area contributed by atoms with Crippen LogP contribution in [0.1, 0.15) is 34.7 Å². The fraction of sp³-hybridized carbons (Fsp3) is 0.206. The van der Waals surface area contributed by atoms with E-state index in [-0.39, 0.29) is 11.3 Å². The van der Waals surface area contributed by atoms with E-state index in [0.29, 0.717) is 55.4 Å². The lowest BCUT2D eigenvalue weighted by atomic mass is 9.95. The number of benzene rings is 3. The molecule has 1 fully saturated rings. The Kier molecular flexibility index (Phi) is 8.82. The number of ether oxygens (including phenoxy) is 2. The second kappa shape index (κ2) is 13.0. The number of likely N-dealkylation sites (tertiary alicyclic amines) is 1. The molecule has 214 valence electrons. The highest BCUT2D eigenvalue weighted by molar-refractivity contribution is 6.46. The maximum Gasteiger partial charge on any atom is 0.295 e. The molecular weight excluding hydrogens is 530 g/mol. The largest absolute Gasteiger partial charge is 0.507 e. The Hall–Kier alpha value is -5.11. The molecule has 1 atom stereocenters. The number of nitrogens with zero attached hydrogens (tertiary/aromatic N) is 3. The van der Waals surface area contributed by atoms with Gasteiger partial charge in [0.25, 0.3) is 11.7 Å². The molecule has 1 aromatic heterocycles. The van der Waals surface area contributed by atoms with Crippen molar-refractivity contribution in [2.75, 3.05) is 13.2 Å². The maximum absolute atomic E-state index is 13.4. The molecule has 3 aromatic carbocycles. The molecule has 1 aliphatic heterocycles. The smallest absolute Gasteiger partial charge is 0.295 e. The van der Waals surface area contributed by atoms with Crippen LogP contribution in [0.3, 0.4) is 0 Å². The summed E-state index contributed by atoms with van der Waals surface area (Å²) in [6, 6.07) is 21.3. The predicted molar refractivity (Wildman–Crippen MR) is 160 cm³/mol. The first kappa shape index (κ1) is 28.4. The number of hydrogen-bond acceptors (Lipinski definition) is 6. The summed E-state index contributed by atoms with van der Waals surface area (Å²) in [6.45, 7) is 7.43. The number of aryl methyl sites for hydroxylation is 2. The standard InChI is InChI=1S/C34H33N3O5/c1-3-21-41-28-13-9-25(10-14-28)31-30(33(39)34(40)37(31)19-6-18-36-20-17-35-23-36)32(38)26-11-15-29(16-12-26)42-22-27-8-5-4-7-24(27)2/h3-5,7-17,20,23,31,38H,1,6,18-19,21-22H2,2H3. The van der Waals surface area contributed by atoms with Crippen LogP contribution < -0.4 is 9.47 Å². The molecule has 1 N–H and O–H groups in total. The summed E-state index contributed by atoms with van der Waals surface area (Å²) >= 11 is 0. The molecule has 0 saturated carbocycles. The van der Waals surface area contributed by atoms with Gasteiger partial charge in [-0.3, -0.25) is 9.59 Å². The van der Waals surface area contributed by atoms with E-state index in [1.807, 2.05) is 54.1 Å². The number of carbonyl (C=O) groups is 2. The quantitative estimate of drug-likeness (QED) is 0.101. The summed E-state index contributed by atoms with van der Waals surface area (Å²) in [4.78, 5) is 32.3. The van der Waals surface area contributed by atoms with Crippen molar-refractivity contribution in [3.05, 3.63) is 132 Å². The third-order valence-corrected chi connectivity index (χ3v) is 7.26. The van der Waals surface area contributed by atoms with Crippen molar-refractivity contribution >= 4 is 17.4 Å². The van der Waals surface area contributed by atoms with Crippen LogP contribution in [0.5, 0.6) is 11.5 Å². The summed E-state index contributed by atoms with van der Waals surface area (Å²) in [6.07, 6.45) is 7.51. The number of imidazole rings is 1. The molecule has 4 aromatic rings. The summed E-state index contributed by atoms with van der Waals surface area (Å²) in [5, 5.41) is 11.4. The Morgan fingerprint density at radius 3 is 2.38 bits per heavy atom. The average Bonchev–Trinajstić information content (AvgIpc) is 3.62. The molecular formula is C34H33N3O5. The third-order valence-electron chi connectivity index (χ3n) is 7.26. The number of amides is 1. The van der Waals surface area contributed by atoms with Crippen molar-refractivity contribution in [2.45, 2.75) is 32.5 Å². The lowest BCUT2D eigenvalue weighted by Gasteiger charge is -2.25. The molecule has 0 radical (unpaired) electrons. The van der Waals surface area contributed by atoms with Crippen molar-refractivity contribution in [3.8, 4) is 11.5 Å². The molecule has 0 bridgehead atoms. The van der Waals surface area contributed by atoms with E-state index in [0.717, 1.165) is 11.1 Å². The molecule has 0 aliphatic carbocycles. The number of ketones is 1. The lowest BCUT2D eigenvalue weighted by Crippen LogP contribution is -2.31. The van der Waals surface area contributed by atoms with Crippen molar-refractivity contribution in [3.63, 3.8) is 0 Å². The first-order chi connectivity index (χ1) is 20.5. The van der Waals surface area contributed by atoms with Crippen LogP contribution in [-0.2, 0) is 22.7 Å². The highest BCUT2D eigenvalue weighted by Gasteiger charge is 2.45. The molecule has 1 aliphatic rings. The van der Waals surface area contributed by atoms with Gasteiger partial charge in [0.2, 0.25) is 0 Å². The maximum atomic E-state index is 13.4. The second-order valence-corrected chi connectivity index (χ2v) is 10.1. The van der Waals surface area contributed by atoms with Crippen LogP contribution in [-0.4, -0.2) is 44.4 Å². The molecule has 2 heterocycles. The number of aliphatic hydroxyl groups is 1. The summed E-state index contributed by atoms with van der Waals surface area (Å²) < 4.78 is 13.5. The highest BCUT2D eigenvalue weighted by atomic mass is 16.5. The normalized spacial score (nSPS) is 16.0. The van der Waals surface area contributed by atoms with Crippen molar-refractivity contribution in [1.82, 2.24) is 14.5 Å². The van der Waals surface area contributed by atoms with Gasteiger partial charge in [-0.2, -0.15) is 0 Å². The van der Waals surface area contributed by atoms with Crippen LogP contribution >= 0.6 is 0 Å². The molecule has 42 heavy (non-hydrogen) atoms. The van der Waals surface area contributed by atoms with E-state index in [9.17, 15) is 14.7 Å². The molecule has 1 unspecified atom stereocenters. The van der Waals surface area contributed by atoms with Crippen LogP contribution in [0, 0.1) is 6.92 Å². The SMILES string of the molecule is C=CCOc1ccc(C2C(=C(O)c3ccc(OCc4ccccc4C)cc3)C(=O)C(=O)N2CCCn2ccnc2)cc1. The van der Waals surface area contributed by atoms with E-state index in [2.05, 4.69) is 11.6 Å². The number of aromatic nitrogens is 2.